The smallest absolute Gasteiger partial charge is 0.233 e. The number of rotatable bonds is 2. The molecule has 0 spiro atoms. The molecule has 0 atom stereocenters. The van der Waals surface area contributed by atoms with Crippen LogP contribution in [-0.2, 0) is 18.3 Å². The summed E-state index contributed by atoms with van der Waals surface area (Å²) in [6, 6.07) is 5.99. The highest BCUT2D eigenvalue weighted by Crippen LogP contribution is 2.32. The van der Waals surface area contributed by atoms with Crippen LogP contribution in [0.4, 0.5) is 10.1 Å². The molecule has 0 bridgehead atoms. The van der Waals surface area contributed by atoms with Crippen molar-refractivity contribution >= 4 is 11.6 Å². The lowest BCUT2D eigenvalue weighted by atomic mass is 10.2. The fraction of sp³-hybridized carbons (Fsp3) is 0.286. The number of anilines is 1. The Balaban J connectivity index is 1.84. The fourth-order valence-electron chi connectivity index (χ4n) is 2.26. The summed E-state index contributed by atoms with van der Waals surface area (Å²) >= 11 is 0. The van der Waals surface area contributed by atoms with Crippen molar-refractivity contribution in [2.45, 2.75) is 6.42 Å². The molecule has 5 nitrogen and oxygen atoms in total. The third-order valence-corrected chi connectivity index (χ3v) is 3.19. The van der Waals surface area contributed by atoms with Crippen molar-refractivity contribution in [2.75, 3.05) is 18.1 Å². The summed E-state index contributed by atoms with van der Waals surface area (Å²) in [7, 11) is 1.80. The lowest BCUT2D eigenvalue weighted by Gasteiger charge is -2.29. The van der Waals surface area contributed by atoms with Gasteiger partial charge in [-0.15, -0.1) is 0 Å². The van der Waals surface area contributed by atoms with E-state index in [0.717, 1.165) is 0 Å². The topological polar surface area (TPSA) is 47.4 Å². The lowest BCUT2D eigenvalue weighted by Crippen LogP contribution is -2.39. The number of fused-ring (bicyclic) bond motifs is 1. The van der Waals surface area contributed by atoms with Crippen LogP contribution in [-0.4, -0.2) is 28.8 Å². The first-order valence-corrected chi connectivity index (χ1v) is 6.35. The van der Waals surface area contributed by atoms with Crippen LogP contribution in [0.25, 0.3) is 0 Å². The van der Waals surface area contributed by atoms with Crippen molar-refractivity contribution < 1.29 is 13.9 Å². The minimum atomic E-state index is -0.384. The number of ether oxygens (including phenoxy) is 1. The second-order valence-electron chi connectivity index (χ2n) is 4.66. The first-order chi connectivity index (χ1) is 9.63. The van der Waals surface area contributed by atoms with E-state index >= 15 is 0 Å². The van der Waals surface area contributed by atoms with E-state index in [1.165, 1.54) is 12.1 Å². The van der Waals surface area contributed by atoms with Gasteiger partial charge in [-0.2, -0.15) is 5.10 Å². The molecule has 1 aliphatic heterocycles. The Kier molecular flexibility index (Phi) is 3.14. The van der Waals surface area contributed by atoms with Crippen LogP contribution in [0.15, 0.2) is 30.5 Å². The van der Waals surface area contributed by atoms with E-state index in [2.05, 4.69) is 5.10 Å². The third kappa shape index (κ3) is 2.36. The second-order valence-corrected chi connectivity index (χ2v) is 4.66. The van der Waals surface area contributed by atoms with Gasteiger partial charge in [0.25, 0.3) is 0 Å². The highest BCUT2D eigenvalue weighted by molar-refractivity contribution is 5.96. The molecule has 1 aromatic heterocycles. The maximum absolute atomic E-state index is 13.4. The molecule has 0 unspecified atom stereocenters. The van der Waals surface area contributed by atoms with Gasteiger partial charge in [-0.05, 0) is 18.2 Å². The van der Waals surface area contributed by atoms with Crippen molar-refractivity contribution in [1.82, 2.24) is 9.78 Å². The van der Waals surface area contributed by atoms with E-state index in [4.69, 9.17) is 4.74 Å². The maximum Gasteiger partial charge on any atom is 0.233 e. The van der Waals surface area contributed by atoms with Gasteiger partial charge < -0.3 is 9.64 Å². The first kappa shape index (κ1) is 12.7. The average molecular weight is 275 g/mol. The molecule has 6 heteroatoms. The minimum Gasteiger partial charge on any atom is -0.490 e. The molecule has 0 aliphatic carbocycles. The Bertz CT molecular complexity index is 654. The van der Waals surface area contributed by atoms with E-state index in [-0.39, 0.29) is 18.1 Å². The summed E-state index contributed by atoms with van der Waals surface area (Å²) in [6.45, 7) is 0.828. The van der Waals surface area contributed by atoms with Gasteiger partial charge in [0.1, 0.15) is 18.2 Å². The Labute approximate surface area is 115 Å². The highest BCUT2D eigenvalue weighted by Gasteiger charge is 2.24. The van der Waals surface area contributed by atoms with E-state index in [9.17, 15) is 9.18 Å². The molecule has 1 amide bonds. The van der Waals surface area contributed by atoms with Gasteiger partial charge in [0.15, 0.2) is 0 Å². The summed E-state index contributed by atoms with van der Waals surface area (Å²) in [4.78, 5) is 13.9. The van der Waals surface area contributed by atoms with Crippen molar-refractivity contribution in [2.24, 2.45) is 7.05 Å². The minimum absolute atomic E-state index is 0.112. The summed E-state index contributed by atoms with van der Waals surface area (Å²) in [5, 5.41) is 4.18. The largest absolute Gasteiger partial charge is 0.490 e. The van der Waals surface area contributed by atoms with Crippen LogP contribution in [0.2, 0.25) is 0 Å². The molecular weight excluding hydrogens is 261 g/mol. The van der Waals surface area contributed by atoms with Crippen molar-refractivity contribution in [3.05, 3.63) is 42.0 Å². The Hall–Kier alpha value is -2.37. The van der Waals surface area contributed by atoms with Gasteiger partial charge >= 0.3 is 0 Å². The summed E-state index contributed by atoms with van der Waals surface area (Å²) in [5.74, 6) is 0.0377. The SMILES string of the molecule is Cn1ccc(CC(=O)N2CCOc3ccc(F)cc32)n1. The number of carbonyl (C=O) groups is 1. The Morgan fingerprint density at radius 3 is 3.05 bits per heavy atom. The van der Waals surface area contributed by atoms with E-state index < -0.39 is 0 Å². The maximum atomic E-state index is 13.4. The van der Waals surface area contributed by atoms with Gasteiger partial charge in [0.05, 0.1) is 24.3 Å². The van der Waals surface area contributed by atoms with E-state index in [1.54, 1.807) is 35.0 Å². The number of nitrogens with zero attached hydrogens (tertiary/aromatic N) is 3. The molecule has 2 heterocycles. The quantitative estimate of drug-likeness (QED) is 0.835. The second kappa shape index (κ2) is 4.96. The van der Waals surface area contributed by atoms with E-state index in [1.807, 2.05) is 0 Å². The van der Waals surface area contributed by atoms with Gasteiger partial charge in [-0.1, -0.05) is 0 Å². The van der Waals surface area contributed by atoms with Gasteiger partial charge in [0, 0.05) is 19.3 Å². The zero-order chi connectivity index (χ0) is 14.1. The van der Waals surface area contributed by atoms with Gasteiger partial charge in [-0.3, -0.25) is 9.48 Å². The number of aromatic nitrogens is 2. The van der Waals surface area contributed by atoms with Crippen LogP contribution < -0.4 is 9.64 Å². The Morgan fingerprint density at radius 2 is 2.30 bits per heavy atom. The molecule has 0 saturated heterocycles. The molecule has 0 radical (unpaired) electrons. The number of hydrogen-bond acceptors (Lipinski definition) is 3. The number of carbonyl (C=O) groups excluding carboxylic acids is 1. The van der Waals surface area contributed by atoms with Crippen molar-refractivity contribution in [3.8, 4) is 5.75 Å². The van der Waals surface area contributed by atoms with E-state index in [0.29, 0.717) is 30.3 Å². The molecule has 2 aromatic rings. The van der Waals surface area contributed by atoms with Crippen LogP contribution in [0.1, 0.15) is 5.69 Å². The first-order valence-electron chi connectivity index (χ1n) is 6.35. The molecule has 3 rings (SSSR count). The standard InChI is InChI=1S/C14H14FN3O2/c1-17-5-4-11(16-17)9-14(19)18-6-7-20-13-3-2-10(15)8-12(13)18/h2-5,8H,6-7,9H2,1H3. The molecule has 1 aromatic carbocycles. The normalized spacial score (nSPS) is 13.8. The molecule has 1 aliphatic rings. The van der Waals surface area contributed by atoms with Crippen LogP contribution >= 0.6 is 0 Å². The summed E-state index contributed by atoms with van der Waals surface area (Å²) in [5.41, 5.74) is 1.18. The number of amides is 1. The fourth-order valence-corrected chi connectivity index (χ4v) is 2.26. The highest BCUT2D eigenvalue weighted by atomic mass is 19.1. The van der Waals surface area contributed by atoms with Crippen molar-refractivity contribution in [1.29, 1.82) is 0 Å². The van der Waals surface area contributed by atoms with Crippen LogP contribution in [0, 0.1) is 5.82 Å². The molecule has 0 N–H and O–H groups in total. The molecular formula is C14H14FN3O2. The van der Waals surface area contributed by atoms with Crippen molar-refractivity contribution in [3.63, 3.8) is 0 Å². The zero-order valence-corrected chi connectivity index (χ0v) is 11.0. The molecule has 0 saturated carbocycles. The monoisotopic (exact) mass is 275 g/mol. The third-order valence-electron chi connectivity index (χ3n) is 3.19. The average Bonchev–Trinajstić information content (AvgIpc) is 2.83. The lowest BCUT2D eigenvalue weighted by molar-refractivity contribution is -0.118. The molecule has 104 valence electrons. The zero-order valence-electron chi connectivity index (χ0n) is 11.0. The predicted octanol–water partition coefficient (Wildman–Crippen LogP) is 1.53. The number of hydrogen-bond donors (Lipinski definition) is 0. The van der Waals surface area contributed by atoms with Gasteiger partial charge in [-0.25, -0.2) is 4.39 Å². The summed E-state index contributed by atoms with van der Waals surface area (Å²) < 4.78 is 20.4. The van der Waals surface area contributed by atoms with Crippen LogP contribution in [0.5, 0.6) is 5.75 Å². The number of halogens is 1. The van der Waals surface area contributed by atoms with Crippen LogP contribution in [0.3, 0.4) is 0 Å². The Morgan fingerprint density at radius 1 is 1.45 bits per heavy atom. The molecule has 20 heavy (non-hydrogen) atoms. The number of benzene rings is 1. The predicted molar refractivity (Wildman–Crippen MR) is 71.2 cm³/mol. The molecule has 0 fully saturated rings. The number of aryl methyl sites for hydroxylation is 1. The summed E-state index contributed by atoms with van der Waals surface area (Å²) in [6.07, 6.45) is 1.98. The van der Waals surface area contributed by atoms with Gasteiger partial charge in [0.2, 0.25) is 5.91 Å².